The molecule has 0 saturated carbocycles. The molecule has 0 atom stereocenters. The number of nitrogens with zero attached hydrogens (tertiary/aromatic N) is 2. The van der Waals surface area contributed by atoms with Gasteiger partial charge in [0.15, 0.2) is 0 Å². The molecule has 0 unspecified atom stereocenters. The van der Waals surface area contributed by atoms with Crippen LogP contribution in [0.1, 0.15) is 22.5 Å². The zero-order chi connectivity index (χ0) is 22.5. The molecule has 4 rings (SSSR count). The summed E-state index contributed by atoms with van der Waals surface area (Å²) in [6, 6.07) is 18.5. The summed E-state index contributed by atoms with van der Waals surface area (Å²) in [5.41, 5.74) is 1.48. The maximum Gasteiger partial charge on any atom is 0.331 e. The molecule has 1 fully saturated rings. The molecular formula is C24H17N3O5. The van der Waals surface area contributed by atoms with Gasteiger partial charge in [-0.2, -0.15) is 5.26 Å². The second kappa shape index (κ2) is 9.02. The van der Waals surface area contributed by atoms with Crippen LogP contribution in [0.5, 0.6) is 5.75 Å². The molecule has 2 aromatic carbocycles. The van der Waals surface area contributed by atoms with Crippen LogP contribution in [-0.2, 0) is 22.7 Å². The van der Waals surface area contributed by atoms with Crippen molar-refractivity contribution in [2.24, 2.45) is 0 Å². The van der Waals surface area contributed by atoms with Crippen molar-refractivity contribution in [2.45, 2.75) is 13.2 Å². The predicted octanol–water partition coefficient (Wildman–Crippen LogP) is 3.39. The highest BCUT2D eigenvalue weighted by atomic mass is 16.5. The number of imide groups is 2. The number of carbonyl (C=O) groups is 3. The highest BCUT2D eigenvalue weighted by Gasteiger charge is 2.36. The molecule has 1 aliphatic rings. The predicted molar refractivity (Wildman–Crippen MR) is 113 cm³/mol. The SMILES string of the molecule is N#Cc1ccccc1COc1ccccc1C=C1C(=O)NC(=O)N(Cc2ccco2)C1=O. The first-order valence-electron chi connectivity index (χ1n) is 9.68. The maximum atomic E-state index is 12.9. The standard InChI is InChI=1S/C24H17N3O5/c25-13-17-7-1-2-8-18(17)15-32-21-10-4-3-6-16(21)12-20-22(28)26-24(30)27(23(20)29)14-19-9-5-11-31-19/h1-12H,14-15H2,(H,26,28,30). The number of ether oxygens (including phenoxy) is 1. The van der Waals surface area contributed by atoms with Gasteiger partial charge < -0.3 is 9.15 Å². The van der Waals surface area contributed by atoms with Crippen LogP contribution >= 0.6 is 0 Å². The van der Waals surface area contributed by atoms with Gasteiger partial charge in [-0.05, 0) is 30.3 Å². The van der Waals surface area contributed by atoms with E-state index in [-0.39, 0.29) is 18.7 Å². The monoisotopic (exact) mass is 427 g/mol. The Kier molecular flexibility index (Phi) is 5.81. The van der Waals surface area contributed by atoms with Crippen LogP contribution in [0, 0.1) is 11.3 Å². The highest BCUT2D eigenvalue weighted by Crippen LogP contribution is 2.25. The van der Waals surface area contributed by atoms with Crippen LogP contribution < -0.4 is 10.1 Å². The Bertz CT molecular complexity index is 1250. The lowest BCUT2D eigenvalue weighted by Gasteiger charge is -2.25. The molecule has 0 radical (unpaired) electrons. The van der Waals surface area contributed by atoms with E-state index in [9.17, 15) is 19.6 Å². The van der Waals surface area contributed by atoms with E-state index in [0.717, 1.165) is 4.90 Å². The van der Waals surface area contributed by atoms with Gasteiger partial charge >= 0.3 is 6.03 Å². The summed E-state index contributed by atoms with van der Waals surface area (Å²) in [7, 11) is 0. The summed E-state index contributed by atoms with van der Waals surface area (Å²) in [6.07, 6.45) is 2.81. The lowest BCUT2D eigenvalue weighted by Crippen LogP contribution is -2.53. The third-order valence-electron chi connectivity index (χ3n) is 4.82. The van der Waals surface area contributed by atoms with Gasteiger partial charge in [-0.25, -0.2) is 4.79 Å². The van der Waals surface area contributed by atoms with Gasteiger partial charge in [-0.1, -0.05) is 36.4 Å². The summed E-state index contributed by atoms with van der Waals surface area (Å²) in [6.45, 7) is 0.0263. The minimum Gasteiger partial charge on any atom is -0.488 e. The molecule has 0 spiro atoms. The fourth-order valence-electron chi connectivity index (χ4n) is 3.19. The Balaban J connectivity index is 1.60. The number of carbonyl (C=O) groups excluding carboxylic acids is 3. The fourth-order valence-corrected chi connectivity index (χ4v) is 3.19. The first-order chi connectivity index (χ1) is 15.6. The molecule has 8 heteroatoms. The smallest absolute Gasteiger partial charge is 0.331 e. The van der Waals surface area contributed by atoms with Gasteiger partial charge in [-0.3, -0.25) is 19.8 Å². The van der Waals surface area contributed by atoms with Crippen LogP contribution in [0.15, 0.2) is 76.9 Å². The number of barbiturate groups is 1. The molecular weight excluding hydrogens is 410 g/mol. The number of hydrogen-bond acceptors (Lipinski definition) is 6. The van der Waals surface area contributed by atoms with Crippen molar-refractivity contribution in [3.63, 3.8) is 0 Å². The normalized spacial score (nSPS) is 14.9. The van der Waals surface area contributed by atoms with Crippen molar-refractivity contribution in [1.82, 2.24) is 10.2 Å². The molecule has 2 heterocycles. The molecule has 1 N–H and O–H groups in total. The number of furan rings is 1. The molecule has 158 valence electrons. The van der Waals surface area contributed by atoms with Gasteiger partial charge in [0.1, 0.15) is 23.7 Å². The van der Waals surface area contributed by atoms with E-state index in [1.165, 1.54) is 12.3 Å². The van der Waals surface area contributed by atoms with E-state index in [1.54, 1.807) is 54.6 Å². The summed E-state index contributed by atoms with van der Waals surface area (Å²) >= 11 is 0. The third kappa shape index (κ3) is 4.27. The van der Waals surface area contributed by atoms with Gasteiger partial charge in [-0.15, -0.1) is 0 Å². The molecule has 0 bridgehead atoms. The van der Waals surface area contributed by atoms with Gasteiger partial charge in [0.2, 0.25) is 0 Å². The summed E-state index contributed by atoms with van der Waals surface area (Å²) in [5, 5.41) is 11.4. The molecule has 3 aromatic rings. The third-order valence-corrected chi connectivity index (χ3v) is 4.82. The minimum absolute atomic E-state index is 0.106. The van der Waals surface area contributed by atoms with Crippen molar-refractivity contribution in [3.8, 4) is 11.8 Å². The van der Waals surface area contributed by atoms with E-state index in [4.69, 9.17) is 9.15 Å². The molecule has 1 aliphatic heterocycles. The second-order valence-corrected chi connectivity index (χ2v) is 6.88. The topological polar surface area (TPSA) is 113 Å². The molecule has 0 aliphatic carbocycles. The largest absolute Gasteiger partial charge is 0.488 e. The summed E-state index contributed by atoms with van der Waals surface area (Å²) in [5.74, 6) is -0.704. The van der Waals surface area contributed by atoms with Crippen LogP contribution in [-0.4, -0.2) is 22.7 Å². The number of urea groups is 1. The van der Waals surface area contributed by atoms with Gasteiger partial charge in [0.05, 0.1) is 24.4 Å². The molecule has 8 nitrogen and oxygen atoms in total. The minimum atomic E-state index is -0.814. The zero-order valence-corrected chi connectivity index (χ0v) is 16.8. The van der Waals surface area contributed by atoms with Gasteiger partial charge in [0, 0.05) is 11.1 Å². The van der Waals surface area contributed by atoms with Gasteiger partial charge in [0.25, 0.3) is 11.8 Å². The number of nitrogens with one attached hydrogen (secondary N) is 1. The molecule has 32 heavy (non-hydrogen) atoms. The Labute approximate surface area is 183 Å². The Morgan fingerprint density at radius 1 is 1.03 bits per heavy atom. The number of rotatable bonds is 6. The van der Waals surface area contributed by atoms with Crippen molar-refractivity contribution >= 4 is 23.9 Å². The summed E-state index contributed by atoms with van der Waals surface area (Å²) in [4.78, 5) is 38.4. The zero-order valence-electron chi connectivity index (χ0n) is 16.8. The molecule has 1 saturated heterocycles. The van der Waals surface area contributed by atoms with E-state index >= 15 is 0 Å². The highest BCUT2D eigenvalue weighted by molar-refractivity contribution is 6.31. The van der Waals surface area contributed by atoms with E-state index < -0.39 is 17.8 Å². The van der Waals surface area contributed by atoms with Crippen LogP contribution in [0.3, 0.4) is 0 Å². The quantitative estimate of drug-likeness (QED) is 0.477. The molecule has 4 amide bonds. The number of amides is 4. The Morgan fingerprint density at radius 2 is 1.81 bits per heavy atom. The Hall–Kier alpha value is -4.64. The second-order valence-electron chi connectivity index (χ2n) is 6.88. The van der Waals surface area contributed by atoms with Crippen LogP contribution in [0.25, 0.3) is 6.08 Å². The van der Waals surface area contributed by atoms with Crippen LogP contribution in [0.2, 0.25) is 0 Å². The van der Waals surface area contributed by atoms with E-state index in [1.807, 2.05) is 6.07 Å². The van der Waals surface area contributed by atoms with Crippen molar-refractivity contribution in [3.05, 3.63) is 95.0 Å². The number of nitriles is 1. The number of para-hydroxylation sites is 1. The maximum absolute atomic E-state index is 12.9. The van der Waals surface area contributed by atoms with Crippen molar-refractivity contribution < 1.29 is 23.5 Å². The lowest BCUT2D eigenvalue weighted by molar-refractivity contribution is -0.130. The average molecular weight is 427 g/mol. The van der Waals surface area contributed by atoms with E-state index in [2.05, 4.69) is 11.4 Å². The summed E-state index contributed by atoms with van der Waals surface area (Å²) < 4.78 is 11.1. The van der Waals surface area contributed by atoms with Crippen LogP contribution in [0.4, 0.5) is 4.79 Å². The number of benzene rings is 2. The first kappa shape index (κ1) is 20.6. The van der Waals surface area contributed by atoms with E-state index in [0.29, 0.717) is 28.2 Å². The Morgan fingerprint density at radius 3 is 2.59 bits per heavy atom. The lowest BCUT2D eigenvalue weighted by atomic mass is 10.1. The number of hydrogen-bond donors (Lipinski definition) is 1. The molecule has 1 aromatic heterocycles. The fraction of sp³-hybridized carbons (Fsp3) is 0.0833. The van der Waals surface area contributed by atoms with Crippen molar-refractivity contribution in [1.29, 1.82) is 5.26 Å². The average Bonchev–Trinajstić information content (AvgIpc) is 3.32. The first-order valence-corrected chi connectivity index (χ1v) is 9.68. The van der Waals surface area contributed by atoms with Crippen molar-refractivity contribution in [2.75, 3.05) is 0 Å².